The van der Waals surface area contributed by atoms with E-state index in [2.05, 4.69) is 96.9 Å². The molecule has 0 aliphatic heterocycles. The zero-order valence-corrected chi connectivity index (χ0v) is 14.7. The van der Waals surface area contributed by atoms with Gasteiger partial charge in [0.25, 0.3) is 0 Å². The lowest BCUT2D eigenvalue weighted by molar-refractivity contribution is 0.791. The molecule has 0 atom stereocenters. The van der Waals surface area contributed by atoms with Crippen molar-refractivity contribution in [2.45, 2.75) is 12.8 Å². The Kier molecular flexibility index (Phi) is 4.39. The molecule has 1 nitrogen and oxygen atoms in total. The van der Waals surface area contributed by atoms with Crippen LogP contribution in [0.2, 0.25) is 0 Å². The van der Waals surface area contributed by atoms with Crippen molar-refractivity contribution in [3.63, 3.8) is 0 Å². The minimum Gasteiger partial charge on any atom is -0.375 e. The monoisotopic (exact) mass is 325 g/mol. The number of nitrogens with zero attached hydrogens (tertiary/aromatic N) is 1. The average molecular weight is 325 g/mol. The molecule has 0 saturated heterocycles. The lowest BCUT2D eigenvalue weighted by Gasteiger charge is -2.19. The van der Waals surface area contributed by atoms with E-state index in [1.54, 1.807) is 0 Å². The van der Waals surface area contributed by atoms with E-state index in [0.717, 1.165) is 19.4 Å². The summed E-state index contributed by atoms with van der Waals surface area (Å²) in [5.41, 5.74) is 2.76. The second kappa shape index (κ2) is 6.98. The quantitative estimate of drug-likeness (QED) is 0.403. The van der Waals surface area contributed by atoms with Gasteiger partial charge < -0.3 is 4.90 Å². The van der Waals surface area contributed by atoms with Crippen LogP contribution in [0.15, 0.2) is 84.9 Å². The van der Waals surface area contributed by atoms with Gasteiger partial charge in [-0.2, -0.15) is 0 Å². The van der Waals surface area contributed by atoms with Gasteiger partial charge in [-0.25, -0.2) is 0 Å². The molecule has 0 amide bonds. The van der Waals surface area contributed by atoms with Crippen LogP contribution in [0.3, 0.4) is 0 Å². The van der Waals surface area contributed by atoms with Gasteiger partial charge in [-0.15, -0.1) is 0 Å². The molecule has 4 rings (SSSR count). The molecule has 0 spiro atoms. The van der Waals surface area contributed by atoms with Crippen molar-refractivity contribution in [3.05, 3.63) is 90.5 Å². The van der Waals surface area contributed by atoms with E-state index in [9.17, 15) is 0 Å². The average Bonchev–Trinajstić information content (AvgIpc) is 2.68. The Labute approximate surface area is 149 Å². The van der Waals surface area contributed by atoms with E-state index in [4.69, 9.17) is 0 Å². The maximum atomic E-state index is 2.34. The van der Waals surface area contributed by atoms with Crippen LogP contribution >= 0.6 is 0 Å². The predicted octanol–water partition coefficient (Wildman–Crippen LogP) is 6.06. The number of fused-ring (bicyclic) bond motifs is 2. The summed E-state index contributed by atoms with van der Waals surface area (Å²) in [6.45, 7) is 1.06. The Morgan fingerprint density at radius 1 is 0.680 bits per heavy atom. The van der Waals surface area contributed by atoms with Crippen molar-refractivity contribution in [2.24, 2.45) is 0 Å². The molecule has 0 N–H and O–H groups in total. The van der Waals surface area contributed by atoms with Crippen LogP contribution in [-0.4, -0.2) is 13.6 Å². The Balaban J connectivity index is 1.61. The summed E-state index contributed by atoms with van der Waals surface area (Å²) >= 11 is 0. The summed E-state index contributed by atoms with van der Waals surface area (Å²) < 4.78 is 0. The van der Waals surface area contributed by atoms with E-state index in [1.807, 2.05) is 0 Å². The van der Waals surface area contributed by atoms with Gasteiger partial charge in [0.2, 0.25) is 0 Å². The van der Waals surface area contributed by atoms with E-state index >= 15 is 0 Å². The van der Waals surface area contributed by atoms with Crippen molar-refractivity contribution >= 4 is 27.2 Å². The summed E-state index contributed by atoms with van der Waals surface area (Å²) in [5, 5.41) is 5.47. The summed E-state index contributed by atoms with van der Waals surface area (Å²) in [5.74, 6) is 0. The summed E-state index contributed by atoms with van der Waals surface area (Å²) in [6.07, 6.45) is 2.24. The molecule has 0 aliphatic rings. The molecule has 0 aliphatic carbocycles. The van der Waals surface area contributed by atoms with E-state index < -0.39 is 0 Å². The fraction of sp³-hybridized carbons (Fsp3) is 0.167. The second-order valence-corrected chi connectivity index (χ2v) is 6.66. The van der Waals surface area contributed by atoms with Gasteiger partial charge in [0.15, 0.2) is 0 Å². The van der Waals surface area contributed by atoms with Gasteiger partial charge >= 0.3 is 0 Å². The largest absolute Gasteiger partial charge is 0.375 e. The number of anilines is 1. The normalized spacial score (nSPS) is 11.1. The zero-order valence-electron chi connectivity index (χ0n) is 14.7. The van der Waals surface area contributed by atoms with Gasteiger partial charge in [-0.3, -0.25) is 0 Å². The number of para-hydroxylation sites is 1. The van der Waals surface area contributed by atoms with E-state index in [-0.39, 0.29) is 0 Å². The SMILES string of the molecule is CN(CCCc1c2ccccc2cc2ccccc12)c1ccccc1. The first-order valence-corrected chi connectivity index (χ1v) is 8.98. The van der Waals surface area contributed by atoms with Gasteiger partial charge in [-0.1, -0.05) is 66.7 Å². The Bertz CT molecular complexity index is 934. The Morgan fingerprint density at radius 2 is 1.24 bits per heavy atom. The van der Waals surface area contributed by atoms with Gasteiger partial charge in [0.05, 0.1) is 0 Å². The standard InChI is InChI=1S/C24H23N/c1-25(21-12-3-2-4-13-21)17-9-16-24-22-14-7-5-10-19(22)18-20-11-6-8-15-23(20)24/h2-8,10-15,18H,9,16-17H2,1H3. The number of hydrogen-bond acceptors (Lipinski definition) is 1. The first-order chi connectivity index (χ1) is 12.3. The van der Waals surface area contributed by atoms with Crippen LogP contribution < -0.4 is 4.90 Å². The molecular formula is C24H23N. The van der Waals surface area contributed by atoms with Crippen LogP contribution in [0.4, 0.5) is 5.69 Å². The highest BCUT2D eigenvalue weighted by molar-refractivity contribution is 6.02. The van der Waals surface area contributed by atoms with Crippen LogP contribution in [0.5, 0.6) is 0 Å². The van der Waals surface area contributed by atoms with E-state index in [1.165, 1.54) is 32.8 Å². The second-order valence-electron chi connectivity index (χ2n) is 6.66. The minimum absolute atomic E-state index is 1.06. The fourth-order valence-corrected chi connectivity index (χ4v) is 3.68. The lowest BCUT2D eigenvalue weighted by atomic mass is 9.94. The first kappa shape index (κ1) is 15.7. The molecule has 0 radical (unpaired) electrons. The fourth-order valence-electron chi connectivity index (χ4n) is 3.68. The topological polar surface area (TPSA) is 3.24 Å². The molecule has 0 saturated carbocycles. The van der Waals surface area contributed by atoms with E-state index in [0.29, 0.717) is 0 Å². The third kappa shape index (κ3) is 3.23. The van der Waals surface area contributed by atoms with Crippen LogP contribution in [-0.2, 0) is 6.42 Å². The van der Waals surface area contributed by atoms with Crippen molar-refractivity contribution in [1.82, 2.24) is 0 Å². The molecule has 0 fully saturated rings. The summed E-state index contributed by atoms with van der Waals surface area (Å²) in [7, 11) is 2.18. The van der Waals surface area contributed by atoms with Crippen LogP contribution in [0.25, 0.3) is 21.5 Å². The zero-order chi connectivity index (χ0) is 17.1. The molecule has 124 valence electrons. The Morgan fingerprint density at radius 3 is 1.88 bits per heavy atom. The lowest BCUT2D eigenvalue weighted by Crippen LogP contribution is -2.18. The van der Waals surface area contributed by atoms with Crippen molar-refractivity contribution in [2.75, 3.05) is 18.5 Å². The Hall–Kier alpha value is -2.80. The van der Waals surface area contributed by atoms with Gasteiger partial charge in [0.1, 0.15) is 0 Å². The van der Waals surface area contributed by atoms with Crippen LogP contribution in [0.1, 0.15) is 12.0 Å². The van der Waals surface area contributed by atoms with Gasteiger partial charge in [-0.05, 0) is 58.1 Å². The maximum absolute atomic E-state index is 2.34. The number of aryl methyl sites for hydroxylation is 1. The number of benzene rings is 4. The third-order valence-corrected chi connectivity index (χ3v) is 5.00. The summed E-state index contributed by atoms with van der Waals surface area (Å²) in [4.78, 5) is 2.34. The number of rotatable bonds is 5. The molecular weight excluding hydrogens is 302 g/mol. The molecule has 1 heteroatoms. The molecule has 0 aromatic heterocycles. The highest BCUT2D eigenvalue weighted by Gasteiger charge is 2.08. The molecule has 4 aromatic carbocycles. The van der Waals surface area contributed by atoms with Gasteiger partial charge in [0, 0.05) is 19.3 Å². The smallest absolute Gasteiger partial charge is 0.0363 e. The maximum Gasteiger partial charge on any atom is 0.0363 e. The minimum atomic E-state index is 1.06. The third-order valence-electron chi connectivity index (χ3n) is 5.00. The predicted molar refractivity (Wildman–Crippen MR) is 109 cm³/mol. The molecule has 0 bridgehead atoms. The number of hydrogen-bond donors (Lipinski definition) is 0. The van der Waals surface area contributed by atoms with Crippen molar-refractivity contribution < 1.29 is 0 Å². The molecule has 0 unspecified atom stereocenters. The highest BCUT2D eigenvalue weighted by Crippen LogP contribution is 2.29. The molecule has 25 heavy (non-hydrogen) atoms. The summed E-state index contributed by atoms with van der Waals surface area (Å²) in [6, 6.07) is 30.5. The first-order valence-electron chi connectivity index (χ1n) is 8.98. The van der Waals surface area contributed by atoms with Crippen molar-refractivity contribution in [3.8, 4) is 0 Å². The molecule has 4 aromatic rings. The van der Waals surface area contributed by atoms with Crippen molar-refractivity contribution in [1.29, 1.82) is 0 Å². The molecule has 0 heterocycles. The van der Waals surface area contributed by atoms with Crippen LogP contribution in [0, 0.1) is 0 Å². The highest BCUT2D eigenvalue weighted by atomic mass is 15.1.